The van der Waals surface area contributed by atoms with Crippen LogP contribution >= 0.6 is 0 Å². The van der Waals surface area contributed by atoms with Gasteiger partial charge in [0.25, 0.3) is 0 Å². The van der Waals surface area contributed by atoms with Crippen molar-refractivity contribution in [2.75, 3.05) is 7.11 Å². The molecule has 7 nitrogen and oxygen atoms in total. The quantitative estimate of drug-likeness (QED) is 0.455. The van der Waals surface area contributed by atoms with Crippen molar-refractivity contribution in [1.82, 2.24) is 10.3 Å². The van der Waals surface area contributed by atoms with Crippen LogP contribution < -0.4 is 10.1 Å². The normalized spacial score (nSPS) is 16.0. The fraction of sp³-hybridized carbons (Fsp3) is 0.321. The predicted octanol–water partition coefficient (Wildman–Crippen LogP) is 4.88. The van der Waals surface area contributed by atoms with Gasteiger partial charge in [0.2, 0.25) is 11.8 Å². The van der Waals surface area contributed by atoms with Crippen molar-refractivity contribution in [3.8, 4) is 5.75 Å². The summed E-state index contributed by atoms with van der Waals surface area (Å²) in [5, 5.41) is 9.20. The first kappa shape index (κ1) is 24.3. The molecule has 2 atom stereocenters. The van der Waals surface area contributed by atoms with Crippen LogP contribution in [-0.4, -0.2) is 35.7 Å². The maximum Gasteiger partial charge on any atom is 0.243 e. The van der Waals surface area contributed by atoms with Crippen molar-refractivity contribution in [3.63, 3.8) is 0 Å². The van der Waals surface area contributed by atoms with Gasteiger partial charge in [-0.2, -0.15) is 5.10 Å². The number of benzene rings is 2. The third-order valence-electron chi connectivity index (χ3n) is 6.15. The van der Waals surface area contributed by atoms with Crippen LogP contribution in [0.3, 0.4) is 0 Å². The highest BCUT2D eigenvalue weighted by atomic mass is 16.5. The third-order valence-corrected chi connectivity index (χ3v) is 6.15. The highest BCUT2D eigenvalue weighted by molar-refractivity contribution is 6.03. The molecule has 0 bridgehead atoms. The summed E-state index contributed by atoms with van der Waals surface area (Å²) in [7, 11) is 1.62. The summed E-state index contributed by atoms with van der Waals surface area (Å²) in [6.45, 7) is 1.96. The van der Waals surface area contributed by atoms with Crippen LogP contribution in [0.4, 0.5) is 0 Å². The molecule has 4 rings (SSSR count). The fourth-order valence-electron chi connectivity index (χ4n) is 4.20. The lowest BCUT2D eigenvalue weighted by Crippen LogP contribution is -2.34. The van der Waals surface area contributed by atoms with Gasteiger partial charge < -0.3 is 14.5 Å². The Kier molecular flexibility index (Phi) is 7.98. The molecule has 1 aromatic heterocycles. The molecule has 0 aliphatic carbocycles. The highest BCUT2D eigenvalue weighted by Gasteiger charge is 2.33. The molecule has 182 valence electrons. The van der Waals surface area contributed by atoms with E-state index >= 15 is 0 Å². The average molecular weight is 474 g/mol. The van der Waals surface area contributed by atoms with E-state index in [1.54, 1.807) is 13.4 Å². The van der Waals surface area contributed by atoms with E-state index in [0.717, 1.165) is 41.2 Å². The molecule has 2 heterocycles. The molecule has 0 saturated carbocycles. The molecule has 0 spiro atoms. The summed E-state index contributed by atoms with van der Waals surface area (Å²) in [5.41, 5.74) is 2.82. The molecule has 35 heavy (non-hydrogen) atoms. The topological polar surface area (TPSA) is 84.1 Å². The number of furan rings is 1. The predicted molar refractivity (Wildman–Crippen MR) is 134 cm³/mol. The standard InChI is InChI=1S/C28H31N3O4/c1-20(10-13-24-9-6-18-35-24)29-27(32)16-17-28(33)31-26(22-11-14-23(34-2)15-12-22)19-25(30-31)21-7-4-3-5-8-21/h3-9,11-12,14-15,18,20,26H,10,13,16-17,19H2,1-2H3,(H,29,32). The van der Waals surface area contributed by atoms with Gasteiger partial charge in [-0.05, 0) is 48.7 Å². The van der Waals surface area contributed by atoms with Gasteiger partial charge in [-0.3, -0.25) is 9.59 Å². The minimum absolute atomic E-state index is 0.00996. The molecular formula is C28H31N3O4. The van der Waals surface area contributed by atoms with Crippen LogP contribution in [-0.2, 0) is 16.0 Å². The Balaban J connectivity index is 1.38. The lowest BCUT2D eigenvalue weighted by Gasteiger charge is -2.22. The van der Waals surface area contributed by atoms with E-state index in [1.165, 1.54) is 5.01 Å². The Morgan fingerprint density at radius 3 is 2.54 bits per heavy atom. The summed E-state index contributed by atoms with van der Waals surface area (Å²) in [4.78, 5) is 25.7. The number of hydrazone groups is 1. The van der Waals surface area contributed by atoms with Gasteiger partial charge in [-0.1, -0.05) is 42.5 Å². The minimum atomic E-state index is -0.223. The average Bonchev–Trinajstić information content (AvgIpc) is 3.57. The molecule has 1 N–H and O–H groups in total. The second kappa shape index (κ2) is 11.5. The van der Waals surface area contributed by atoms with Crippen LogP contribution in [0.2, 0.25) is 0 Å². The molecule has 2 amide bonds. The van der Waals surface area contributed by atoms with Gasteiger partial charge in [-0.15, -0.1) is 0 Å². The number of hydrogen-bond donors (Lipinski definition) is 1. The van der Waals surface area contributed by atoms with Crippen molar-refractivity contribution in [3.05, 3.63) is 89.9 Å². The first-order valence-electron chi connectivity index (χ1n) is 11.9. The Hall–Kier alpha value is -3.87. The van der Waals surface area contributed by atoms with E-state index in [2.05, 4.69) is 10.4 Å². The molecule has 1 aliphatic rings. The largest absolute Gasteiger partial charge is 0.497 e. The zero-order valence-electron chi connectivity index (χ0n) is 20.1. The van der Waals surface area contributed by atoms with Crippen molar-refractivity contribution in [2.24, 2.45) is 5.10 Å². The van der Waals surface area contributed by atoms with E-state index in [1.807, 2.05) is 73.7 Å². The van der Waals surface area contributed by atoms with Gasteiger partial charge in [0, 0.05) is 31.7 Å². The number of hydrogen-bond acceptors (Lipinski definition) is 5. The first-order chi connectivity index (χ1) is 17.0. The third kappa shape index (κ3) is 6.38. The van der Waals surface area contributed by atoms with E-state index in [0.29, 0.717) is 6.42 Å². The highest BCUT2D eigenvalue weighted by Crippen LogP contribution is 2.34. The Morgan fingerprint density at radius 1 is 1.09 bits per heavy atom. The van der Waals surface area contributed by atoms with Gasteiger partial charge in [0.1, 0.15) is 11.5 Å². The number of nitrogens with one attached hydrogen (secondary N) is 1. The maximum absolute atomic E-state index is 13.2. The van der Waals surface area contributed by atoms with Crippen LogP contribution in [0.5, 0.6) is 5.75 Å². The van der Waals surface area contributed by atoms with E-state index in [9.17, 15) is 9.59 Å². The van der Waals surface area contributed by atoms with Crippen molar-refractivity contribution >= 4 is 17.5 Å². The number of carbonyl (C=O) groups excluding carboxylic acids is 2. The van der Waals surface area contributed by atoms with E-state index < -0.39 is 0 Å². The first-order valence-corrected chi connectivity index (χ1v) is 11.9. The molecule has 2 unspecified atom stereocenters. The molecule has 7 heteroatoms. The molecular weight excluding hydrogens is 442 g/mol. The lowest BCUT2D eigenvalue weighted by atomic mass is 9.98. The van der Waals surface area contributed by atoms with Gasteiger partial charge in [0.05, 0.1) is 25.1 Å². The zero-order valence-corrected chi connectivity index (χ0v) is 20.1. The molecule has 0 radical (unpaired) electrons. The van der Waals surface area contributed by atoms with Crippen LogP contribution in [0.1, 0.15) is 55.5 Å². The van der Waals surface area contributed by atoms with Crippen LogP contribution in [0.15, 0.2) is 82.5 Å². The minimum Gasteiger partial charge on any atom is -0.497 e. The van der Waals surface area contributed by atoms with Crippen LogP contribution in [0, 0.1) is 0 Å². The molecule has 0 saturated heterocycles. The molecule has 0 fully saturated rings. The number of methoxy groups -OCH3 is 1. The second-order valence-electron chi connectivity index (χ2n) is 8.73. The number of amides is 2. The summed E-state index contributed by atoms with van der Waals surface area (Å²) < 4.78 is 10.6. The fourth-order valence-corrected chi connectivity index (χ4v) is 4.20. The Bertz CT molecular complexity index is 1140. The summed E-state index contributed by atoms with van der Waals surface area (Å²) in [6.07, 6.45) is 3.98. The monoisotopic (exact) mass is 473 g/mol. The summed E-state index contributed by atoms with van der Waals surface area (Å²) in [5.74, 6) is 1.34. The number of nitrogens with zero attached hydrogens (tertiary/aromatic N) is 2. The van der Waals surface area contributed by atoms with Crippen molar-refractivity contribution < 1.29 is 18.7 Å². The Morgan fingerprint density at radius 2 is 1.86 bits per heavy atom. The summed E-state index contributed by atoms with van der Waals surface area (Å²) in [6, 6.07) is 21.1. The summed E-state index contributed by atoms with van der Waals surface area (Å²) >= 11 is 0. The van der Waals surface area contributed by atoms with Crippen molar-refractivity contribution in [2.45, 2.75) is 51.1 Å². The molecule has 1 aliphatic heterocycles. The van der Waals surface area contributed by atoms with Crippen molar-refractivity contribution in [1.29, 1.82) is 0 Å². The van der Waals surface area contributed by atoms with E-state index in [-0.39, 0.29) is 36.7 Å². The molecule has 3 aromatic rings. The number of aryl methyl sites for hydroxylation is 1. The van der Waals surface area contributed by atoms with Gasteiger partial charge in [0.15, 0.2) is 0 Å². The van der Waals surface area contributed by atoms with Crippen LogP contribution in [0.25, 0.3) is 0 Å². The van der Waals surface area contributed by atoms with Gasteiger partial charge >= 0.3 is 0 Å². The number of ether oxygens (including phenoxy) is 1. The number of carbonyl (C=O) groups is 2. The SMILES string of the molecule is COc1ccc(C2CC(c3ccccc3)=NN2C(=O)CCC(=O)NC(C)CCc2ccco2)cc1. The van der Waals surface area contributed by atoms with Gasteiger partial charge in [-0.25, -0.2) is 5.01 Å². The second-order valence-corrected chi connectivity index (χ2v) is 8.73. The molecule has 2 aromatic carbocycles. The Labute approximate surface area is 205 Å². The zero-order chi connectivity index (χ0) is 24.6. The number of rotatable bonds is 10. The van der Waals surface area contributed by atoms with E-state index in [4.69, 9.17) is 9.15 Å². The lowest BCUT2D eigenvalue weighted by molar-refractivity contribution is -0.135. The smallest absolute Gasteiger partial charge is 0.243 e. The maximum atomic E-state index is 13.2.